The summed E-state index contributed by atoms with van der Waals surface area (Å²) < 4.78 is 0. The van der Waals surface area contributed by atoms with Gasteiger partial charge < -0.3 is 16.4 Å². The van der Waals surface area contributed by atoms with Gasteiger partial charge in [-0.15, -0.1) is 0 Å². The molecule has 1 fully saturated rings. The Morgan fingerprint density at radius 3 is 2.24 bits per heavy atom. The molecule has 1 rings (SSSR count). The van der Waals surface area contributed by atoms with E-state index in [1.165, 1.54) is 0 Å². The fourth-order valence-electron chi connectivity index (χ4n) is 1.90. The molecule has 0 spiro atoms. The molecule has 0 bridgehead atoms. The Hall–Kier alpha value is -1.10. The molecule has 17 heavy (non-hydrogen) atoms. The van der Waals surface area contributed by atoms with Crippen LogP contribution in [-0.4, -0.2) is 29.4 Å². The number of hydrogen-bond donors (Lipinski definition) is 3. The van der Waals surface area contributed by atoms with Gasteiger partial charge in [0.25, 0.3) is 0 Å². The average Bonchev–Trinajstić information content (AvgIpc) is 2.13. The minimum absolute atomic E-state index is 0.0781. The van der Waals surface area contributed by atoms with Gasteiger partial charge in [0.2, 0.25) is 11.8 Å². The Balaban J connectivity index is 2.32. The summed E-state index contributed by atoms with van der Waals surface area (Å²) in [5, 5.41) is 5.43. The van der Waals surface area contributed by atoms with Crippen molar-refractivity contribution in [1.29, 1.82) is 0 Å². The molecule has 0 radical (unpaired) electrons. The second-order valence-electron chi connectivity index (χ2n) is 5.35. The summed E-state index contributed by atoms with van der Waals surface area (Å²) in [5.41, 5.74) is 5.64. The molecular weight excluding hydrogens is 218 g/mol. The van der Waals surface area contributed by atoms with E-state index >= 15 is 0 Å². The normalized spacial score (nSPS) is 19.4. The van der Waals surface area contributed by atoms with Gasteiger partial charge in [0.1, 0.15) is 6.04 Å². The molecule has 0 saturated heterocycles. The minimum atomic E-state index is -0.506. The molecule has 1 saturated carbocycles. The van der Waals surface area contributed by atoms with Crippen molar-refractivity contribution < 1.29 is 9.59 Å². The lowest BCUT2D eigenvalue weighted by atomic mass is 9.75. The summed E-state index contributed by atoms with van der Waals surface area (Å²) in [6.07, 6.45) is 3.19. The molecule has 0 aromatic carbocycles. The Bertz CT molecular complexity index is 298. The fraction of sp³-hybridized carbons (Fsp3) is 0.833. The summed E-state index contributed by atoms with van der Waals surface area (Å²) in [4.78, 5) is 23.3. The first kappa shape index (κ1) is 14.0. The van der Waals surface area contributed by atoms with E-state index in [9.17, 15) is 9.59 Å². The molecule has 2 amide bonds. The van der Waals surface area contributed by atoms with Crippen molar-refractivity contribution in [2.45, 2.75) is 64.1 Å². The van der Waals surface area contributed by atoms with E-state index < -0.39 is 6.04 Å². The lowest BCUT2D eigenvalue weighted by Crippen LogP contribution is -2.53. The standard InChI is InChI=1S/C12H23N3O2/c1-8(2)14-11(17)9(3)15-10(16)7-12(13)5-4-6-12/h8-9H,4-7,13H2,1-3H3,(H,14,17)(H,15,16). The number of nitrogens with one attached hydrogen (secondary N) is 2. The van der Waals surface area contributed by atoms with Gasteiger partial charge in [0.15, 0.2) is 0 Å². The molecule has 0 aromatic rings. The zero-order valence-electron chi connectivity index (χ0n) is 10.9. The number of rotatable bonds is 5. The van der Waals surface area contributed by atoms with Gasteiger partial charge in [0.05, 0.1) is 0 Å². The third-order valence-corrected chi connectivity index (χ3v) is 3.06. The van der Waals surface area contributed by atoms with Crippen LogP contribution in [0, 0.1) is 0 Å². The van der Waals surface area contributed by atoms with Crippen LogP contribution >= 0.6 is 0 Å². The van der Waals surface area contributed by atoms with E-state index in [1.807, 2.05) is 13.8 Å². The van der Waals surface area contributed by atoms with Gasteiger partial charge in [0, 0.05) is 18.0 Å². The first-order chi connectivity index (χ1) is 7.82. The topological polar surface area (TPSA) is 84.2 Å². The van der Waals surface area contributed by atoms with Crippen LogP contribution in [0.4, 0.5) is 0 Å². The van der Waals surface area contributed by atoms with Crippen LogP contribution < -0.4 is 16.4 Å². The van der Waals surface area contributed by atoms with Gasteiger partial charge in [-0.05, 0) is 40.0 Å². The molecular formula is C12H23N3O2. The van der Waals surface area contributed by atoms with Crippen LogP contribution in [0.3, 0.4) is 0 Å². The van der Waals surface area contributed by atoms with Crippen LogP contribution in [0.1, 0.15) is 46.5 Å². The van der Waals surface area contributed by atoms with E-state index in [0.29, 0.717) is 6.42 Å². The number of nitrogens with two attached hydrogens (primary N) is 1. The van der Waals surface area contributed by atoms with Gasteiger partial charge in [-0.3, -0.25) is 9.59 Å². The first-order valence-corrected chi connectivity index (χ1v) is 6.21. The van der Waals surface area contributed by atoms with E-state index in [0.717, 1.165) is 19.3 Å². The molecule has 1 aliphatic carbocycles. The summed E-state index contributed by atoms with van der Waals surface area (Å²) in [6.45, 7) is 5.45. The molecule has 1 atom stereocenters. The summed E-state index contributed by atoms with van der Waals surface area (Å²) in [7, 11) is 0. The lowest BCUT2D eigenvalue weighted by molar-refractivity contribution is -0.129. The predicted octanol–water partition coefficient (Wildman–Crippen LogP) is 0.287. The van der Waals surface area contributed by atoms with Crippen molar-refractivity contribution in [3.05, 3.63) is 0 Å². The molecule has 0 aromatic heterocycles. The van der Waals surface area contributed by atoms with Gasteiger partial charge in [-0.2, -0.15) is 0 Å². The van der Waals surface area contributed by atoms with Gasteiger partial charge in [-0.25, -0.2) is 0 Å². The Kier molecular flexibility index (Phi) is 4.51. The predicted molar refractivity (Wildman–Crippen MR) is 66.3 cm³/mol. The van der Waals surface area contributed by atoms with Crippen molar-refractivity contribution in [2.75, 3.05) is 0 Å². The third-order valence-electron chi connectivity index (χ3n) is 3.06. The molecule has 0 aliphatic heterocycles. The molecule has 0 heterocycles. The maximum atomic E-state index is 11.7. The van der Waals surface area contributed by atoms with E-state index in [-0.39, 0.29) is 23.4 Å². The largest absolute Gasteiger partial charge is 0.352 e. The van der Waals surface area contributed by atoms with E-state index in [4.69, 9.17) is 5.73 Å². The van der Waals surface area contributed by atoms with Crippen LogP contribution in [0.2, 0.25) is 0 Å². The van der Waals surface area contributed by atoms with Crippen molar-refractivity contribution >= 4 is 11.8 Å². The number of carbonyl (C=O) groups is 2. The molecule has 5 nitrogen and oxygen atoms in total. The van der Waals surface area contributed by atoms with Crippen molar-refractivity contribution in [2.24, 2.45) is 5.73 Å². The lowest BCUT2D eigenvalue weighted by Gasteiger charge is -2.37. The smallest absolute Gasteiger partial charge is 0.242 e. The molecule has 1 aliphatic rings. The minimum Gasteiger partial charge on any atom is -0.352 e. The second-order valence-corrected chi connectivity index (χ2v) is 5.35. The summed E-state index contributed by atoms with van der Waals surface area (Å²) in [5.74, 6) is -0.299. The zero-order valence-corrected chi connectivity index (χ0v) is 10.9. The highest BCUT2D eigenvalue weighted by atomic mass is 16.2. The van der Waals surface area contributed by atoms with Crippen molar-refractivity contribution in [3.8, 4) is 0 Å². The maximum Gasteiger partial charge on any atom is 0.242 e. The van der Waals surface area contributed by atoms with Crippen LogP contribution in [0.25, 0.3) is 0 Å². The Morgan fingerprint density at radius 2 is 1.82 bits per heavy atom. The van der Waals surface area contributed by atoms with Gasteiger partial charge in [-0.1, -0.05) is 0 Å². The Labute approximate surface area is 103 Å². The van der Waals surface area contributed by atoms with Crippen LogP contribution in [0.15, 0.2) is 0 Å². The number of carbonyl (C=O) groups excluding carboxylic acids is 2. The van der Waals surface area contributed by atoms with Crippen LogP contribution in [0.5, 0.6) is 0 Å². The highest BCUT2D eigenvalue weighted by molar-refractivity contribution is 5.87. The number of amides is 2. The monoisotopic (exact) mass is 241 g/mol. The Morgan fingerprint density at radius 1 is 1.24 bits per heavy atom. The maximum absolute atomic E-state index is 11.7. The molecule has 5 heteroatoms. The summed E-state index contributed by atoms with van der Waals surface area (Å²) in [6, 6.07) is -0.428. The highest BCUT2D eigenvalue weighted by Gasteiger charge is 2.35. The van der Waals surface area contributed by atoms with Crippen molar-refractivity contribution in [1.82, 2.24) is 10.6 Å². The summed E-state index contributed by atoms with van der Waals surface area (Å²) >= 11 is 0. The first-order valence-electron chi connectivity index (χ1n) is 6.21. The van der Waals surface area contributed by atoms with Gasteiger partial charge >= 0.3 is 0 Å². The quantitative estimate of drug-likeness (QED) is 0.646. The van der Waals surface area contributed by atoms with Crippen LogP contribution in [-0.2, 0) is 9.59 Å². The number of hydrogen-bond acceptors (Lipinski definition) is 3. The third kappa shape index (κ3) is 4.34. The van der Waals surface area contributed by atoms with E-state index in [2.05, 4.69) is 10.6 Å². The van der Waals surface area contributed by atoms with Crippen molar-refractivity contribution in [3.63, 3.8) is 0 Å². The highest BCUT2D eigenvalue weighted by Crippen LogP contribution is 2.31. The molecule has 4 N–H and O–H groups in total. The average molecular weight is 241 g/mol. The fourth-order valence-corrected chi connectivity index (χ4v) is 1.90. The second kappa shape index (κ2) is 5.49. The van der Waals surface area contributed by atoms with E-state index in [1.54, 1.807) is 6.92 Å². The molecule has 98 valence electrons. The SMILES string of the molecule is CC(C)NC(=O)C(C)NC(=O)CC1(N)CCC1. The molecule has 1 unspecified atom stereocenters. The zero-order chi connectivity index (χ0) is 13.1.